The van der Waals surface area contributed by atoms with Crippen molar-refractivity contribution in [3.05, 3.63) is 71.9 Å². The third-order valence-corrected chi connectivity index (χ3v) is 4.83. The summed E-state index contributed by atoms with van der Waals surface area (Å²) in [4.78, 5) is 12.1. The SMILES string of the molecule is CCN(c1ccccc1)c1nc(Nc2ccccc2)nc2c1CCCC2.Cl. The van der Waals surface area contributed by atoms with E-state index in [-0.39, 0.29) is 12.4 Å². The fraction of sp³-hybridized carbons (Fsp3) is 0.273. The summed E-state index contributed by atoms with van der Waals surface area (Å²) in [7, 11) is 0. The molecule has 5 heteroatoms. The van der Waals surface area contributed by atoms with Crippen molar-refractivity contribution >= 4 is 35.5 Å². The Morgan fingerprint density at radius 2 is 1.56 bits per heavy atom. The van der Waals surface area contributed by atoms with Crippen molar-refractivity contribution in [2.75, 3.05) is 16.8 Å². The molecule has 3 aromatic rings. The summed E-state index contributed by atoms with van der Waals surface area (Å²) >= 11 is 0. The van der Waals surface area contributed by atoms with Crippen LogP contribution in [0.1, 0.15) is 31.0 Å². The normalized spacial score (nSPS) is 12.6. The van der Waals surface area contributed by atoms with Gasteiger partial charge >= 0.3 is 0 Å². The average molecular weight is 381 g/mol. The second-order valence-corrected chi connectivity index (χ2v) is 6.57. The van der Waals surface area contributed by atoms with Crippen molar-refractivity contribution in [1.82, 2.24) is 9.97 Å². The highest BCUT2D eigenvalue weighted by atomic mass is 35.5. The zero-order valence-electron chi connectivity index (χ0n) is 15.6. The van der Waals surface area contributed by atoms with Crippen molar-refractivity contribution in [1.29, 1.82) is 0 Å². The highest BCUT2D eigenvalue weighted by molar-refractivity contribution is 5.85. The van der Waals surface area contributed by atoms with Gasteiger partial charge in [0.25, 0.3) is 0 Å². The number of para-hydroxylation sites is 2. The molecule has 2 aromatic carbocycles. The van der Waals surface area contributed by atoms with Crippen molar-refractivity contribution < 1.29 is 0 Å². The van der Waals surface area contributed by atoms with E-state index in [9.17, 15) is 0 Å². The minimum Gasteiger partial charge on any atom is -0.326 e. The van der Waals surface area contributed by atoms with E-state index < -0.39 is 0 Å². The van der Waals surface area contributed by atoms with Gasteiger partial charge in [-0.25, -0.2) is 4.98 Å². The van der Waals surface area contributed by atoms with Crippen molar-refractivity contribution in [2.24, 2.45) is 0 Å². The van der Waals surface area contributed by atoms with E-state index in [1.165, 1.54) is 29.8 Å². The molecule has 0 spiro atoms. The minimum atomic E-state index is 0. The molecule has 1 heterocycles. The zero-order valence-corrected chi connectivity index (χ0v) is 16.4. The predicted octanol–water partition coefficient (Wildman–Crippen LogP) is 5.68. The van der Waals surface area contributed by atoms with Crippen LogP contribution in [0.3, 0.4) is 0 Å². The number of anilines is 4. The van der Waals surface area contributed by atoms with Gasteiger partial charge in [0.05, 0.1) is 5.69 Å². The molecule has 0 bridgehead atoms. The van der Waals surface area contributed by atoms with Crippen molar-refractivity contribution in [3.63, 3.8) is 0 Å². The molecule has 0 aliphatic heterocycles. The Morgan fingerprint density at radius 3 is 2.26 bits per heavy atom. The van der Waals surface area contributed by atoms with Crippen LogP contribution < -0.4 is 10.2 Å². The highest BCUT2D eigenvalue weighted by Crippen LogP contribution is 2.33. The fourth-order valence-electron chi connectivity index (χ4n) is 3.57. The number of nitrogens with zero attached hydrogens (tertiary/aromatic N) is 3. The lowest BCUT2D eigenvalue weighted by molar-refractivity contribution is 0.662. The van der Waals surface area contributed by atoms with E-state index in [4.69, 9.17) is 9.97 Å². The Kier molecular flexibility index (Phi) is 6.30. The monoisotopic (exact) mass is 380 g/mol. The maximum Gasteiger partial charge on any atom is 0.229 e. The Bertz CT molecular complexity index is 868. The summed E-state index contributed by atoms with van der Waals surface area (Å²) < 4.78 is 0. The Morgan fingerprint density at radius 1 is 0.889 bits per heavy atom. The molecule has 0 unspecified atom stereocenters. The zero-order chi connectivity index (χ0) is 17.8. The average Bonchev–Trinajstić information content (AvgIpc) is 2.70. The number of aryl methyl sites for hydroxylation is 1. The Labute approximate surface area is 167 Å². The quantitative estimate of drug-likeness (QED) is 0.618. The van der Waals surface area contributed by atoms with E-state index in [1.807, 2.05) is 30.3 Å². The molecule has 4 rings (SSSR count). The third kappa shape index (κ3) is 4.22. The van der Waals surface area contributed by atoms with Gasteiger partial charge in [0.15, 0.2) is 0 Å². The van der Waals surface area contributed by atoms with Crippen LogP contribution in [0, 0.1) is 0 Å². The van der Waals surface area contributed by atoms with Gasteiger partial charge in [0.1, 0.15) is 5.82 Å². The summed E-state index contributed by atoms with van der Waals surface area (Å²) in [6.45, 7) is 3.05. The molecule has 0 amide bonds. The molecule has 140 valence electrons. The minimum absolute atomic E-state index is 0. The lowest BCUT2D eigenvalue weighted by atomic mass is 9.96. The molecule has 1 aromatic heterocycles. The van der Waals surface area contributed by atoms with Crippen LogP contribution >= 0.6 is 12.4 Å². The van der Waals surface area contributed by atoms with E-state index in [2.05, 4.69) is 47.5 Å². The molecule has 1 N–H and O–H groups in total. The molecule has 0 saturated carbocycles. The predicted molar refractivity (Wildman–Crippen MR) is 115 cm³/mol. The molecule has 0 atom stereocenters. The van der Waals surface area contributed by atoms with Crippen LogP contribution in [0.4, 0.5) is 23.1 Å². The van der Waals surface area contributed by atoms with Gasteiger partial charge < -0.3 is 10.2 Å². The van der Waals surface area contributed by atoms with Gasteiger partial charge in [0, 0.05) is 23.5 Å². The first-order valence-corrected chi connectivity index (χ1v) is 9.39. The number of benzene rings is 2. The number of hydrogen-bond acceptors (Lipinski definition) is 4. The summed E-state index contributed by atoms with van der Waals surface area (Å²) in [6.07, 6.45) is 4.49. The van der Waals surface area contributed by atoms with Gasteiger partial charge in [-0.05, 0) is 56.9 Å². The van der Waals surface area contributed by atoms with Crippen LogP contribution in [0.25, 0.3) is 0 Å². The van der Waals surface area contributed by atoms with Gasteiger partial charge in [-0.3, -0.25) is 0 Å². The van der Waals surface area contributed by atoms with Crippen molar-refractivity contribution in [3.8, 4) is 0 Å². The lowest BCUT2D eigenvalue weighted by Gasteiger charge is -2.28. The van der Waals surface area contributed by atoms with E-state index >= 15 is 0 Å². The van der Waals surface area contributed by atoms with Gasteiger partial charge in [-0.15, -0.1) is 12.4 Å². The van der Waals surface area contributed by atoms with Gasteiger partial charge in [-0.2, -0.15) is 4.98 Å². The summed E-state index contributed by atoms with van der Waals surface area (Å²) in [5.74, 6) is 1.73. The summed E-state index contributed by atoms with van der Waals surface area (Å²) in [5, 5.41) is 3.38. The number of hydrogen-bond donors (Lipinski definition) is 1. The van der Waals surface area contributed by atoms with Crippen molar-refractivity contribution in [2.45, 2.75) is 32.6 Å². The molecule has 0 radical (unpaired) electrons. The first-order chi connectivity index (χ1) is 12.8. The Hall–Kier alpha value is -2.59. The van der Waals surface area contributed by atoms with Crippen LogP contribution in [-0.2, 0) is 12.8 Å². The standard InChI is InChI=1S/C22H24N4.ClH/c1-2-26(18-13-7-4-8-14-18)21-19-15-9-10-16-20(19)24-22(25-21)23-17-11-5-3-6-12-17;/h3-8,11-14H,2,9-10,15-16H2,1H3,(H,23,24,25);1H. The van der Waals surface area contributed by atoms with E-state index in [0.29, 0.717) is 5.95 Å². The van der Waals surface area contributed by atoms with Crippen LogP contribution in [-0.4, -0.2) is 16.5 Å². The molecule has 4 nitrogen and oxygen atoms in total. The van der Waals surface area contributed by atoms with Crippen LogP contribution in [0.15, 0.2) is 60.7 Å². The molecular formula is C22H25ClN4. The molecule has 0 saturated heterocycles. The van der Waals surface area contributed by atoms with E-state index in [1.54, 1.807) is 0 Å². The third-order valence-electron chi connectivity index (χ3n) is 4.83. The number of nitrogens with one attached hydrogen (secondary N) is 1. The lowest BCUT2D eigenvalue weighted by Crippen LogP contribution is -2.22. The molecule has 0 fully saturated rings. The molecule has 27 heavy (non-hydrogen) atoms. The number of rotatable bonds is 5. The number of fused-ring (bicyclic) bond motifs is 1. The second-order valence-electron chi connectivity index (χ2n) is 6.57. The first kappa shape index (κ1) is 19.2. The molecule has 1 aliphatic carbocycles. The second kappa shape index (κ2) is 8.87. The Balaban J connectivity index is 0.00000210. The van der Waals surface area contributed by atoms with Crippen LogP contribution in [0.5, 0.6) is 0 Å². The van der Waals surface area contributed by atoms with E-state index in [0.717, 1.165) is 30.9 Å². The highest BCUT2D eigenvalue weighted by Gasteiger charge is 2.22. The molecular weight excluding hydrogens is 356 g/mol. The maximum atomic E-state index is 4.93. The first-order valence-electron chi connectivity index (χ1n) is 9.39. The number of halogens is 1. The topological polar surface area (TPSA) is 41.1 Å². The number of aromatic nitrogens is 2. The molecule has 1 aliphatic rings. The maximum absolute atomic E-state index is 4.93. The summed E-state index contributed by atoms with van der Waals surface area (Å²) in [5.41, 5.74) is 4.68. The largest absolute Gasteiger partial charge is 0.326 e. The van der Waals surface area contributed by atoms with Gasteiger partial charge in [-0.1, -0.05) is 36.4 Å². The smallest absolute Gasteiger partial charge is 0.229 e. The fourth-order valence-corrected chi connectivity index (χ4v) is 3.57. The summed E-state index contributed by atoms with van der Waals surface area (Å²) in [6, 6.07) is 20.6. The van der Waals surface area contributed by atoms with Crippen LogP contribution in [0.2, 0.25) is 0 Å². The van der Waals surface area contributed by atoms with Gasteiger partial charge in [0.2, 0.25) is 5.95 Å².